The first-order chi connectivity index (χ1) is 8.71. The van der Waals surface area contributed by atoms with Crippen molar-refractivity contribution >= 4 is 5.97 Å². The van der Waals surface area contributed by atoms with Crippen molar-refractivity contribution in [1.82, 2.24) is 10.2 Å². The Hall–Kier alpha value is -2.10. The maximum Gasteiger partial charge on any atom is 0.304 e. The average Bonchev–Trinajstić information content (AvgIpc) is 2.95. The zero-order valence-electron chi connectivity index (χ0n) is 9.89. The number of nitrogens with one attached hydrogen (secondary N) is 1. The fraction of sp³-hybridized carbons (Fsp3) is 0.286. The van der Waals surface area contributed by atoms with E-state index in [9.17, 15) is 4.79 Å². The van der Waals surface area contributed by atoms with Crippen LogP contribution in [0.3, 0.4) is 0 Å². The second kappa shape index (κ2) is 3.98. The Balaban J connectivity index is 2.00. The van der Waals surface area contributed by atoms with Crippen LogP contribution in [0, 0.1) is 0 Å². The van der Waals surface area contributed by atoms with Crippen LogP contribution in [0.15, 0.2) is 36.5 Å². The van der Waals surface area contributed by atoms with Crippen molar-refractivity contribution < 1.29 is 9.90 Å². The van der Waals surface area contributed by atoms with Crippen LogP contribution < -0.4 is 0 Å². The second-order valence-corrected chi connectivity index (χ2v) is 4.88. The maximum absolute atomic E-state index is 11.0. The highest BCUT2D eigenvalue weighted by Crippen LogP contribution is 2.53. The summed E-state index contributed by atoms with van der Waals surface area (Å²) < 4.78 is 0. The molecule has 18 heavy (non-hydrogen) atoms. The molecule has 2 aromatic rings. The molecule has 1 aliphatic carbocycles. The highest BCUT2D eigenvalue weighted by molar-refractivity contribution is 5.73. The number of carboxylic acids is 1. The van der Waals surface area contributed by atoms with E-state index in [-0.39, 0.29) is 11.8 Å². The summed E-state index contributed by atoms with van der Waals surface area (Å²) in [6.07, 6.45) is 3.82. The van der Waals surface area contributed by atoms with Gasteiger partial charge in [0.2, 0.25) is 0 Å². The van der Waals surface area contributed by atoms with Crippen LogP contribution in [0.5, 0.6) is 0 Å². The van der Waals surface area contributed by atoms with Crippen LogP contribution in [-0.2, 0) is 10.2 Å². The van der Waals surface area contributed by atoms with Gasteiger partial charge in [0.15, 0.2) is 0 Å². The van der Waals surface area contributed by atoms with Crippen LogP contribution >= 0.6 is 0 Å². The molecule has 0 radical (unpaired) electrons. The largest absolute Gasteiger partial charge is 0.481 e. The monoisotopic (exact) mass is 242 g/mol. The molecule has 1 fully saturated rings. The molecule has 4 heteroatoms. The minimum absolute atomic E-state index is 0.187. The number of carbonyl (C=O) groups is 1. The summed E-state index contributed by atoms with van der Waals surface area (Å²) in [5.41, 5.74) is 2.84. The molecule has 1 saturated carbocycles. The van der Waals surface area contributed by atoms with Gasteiger partial charge in [-0.2, -0.15) is 5.10 Å². The molecule has 3 rings (SSSR count). The lowest BCUT2D eigenvalue weighted by Gasteiger charge is -2.12. The first-order valence-corrected chi connectivity index (χ1v) is 6.02. The molecule has 1 aromatic heterocycles. The summed E-state index contributed by atoms with van der Waals surface area (Å²) in [4.78, 5) is 11.0. The third-order valence-electron chi connectivity index (χ3n) is 3.62. The van der Waals surface area contributed by atoms with Gasteiger partial charge in [-0.25, -0.2) is 0 Å². The number of aromatic nitrogens is 2. The van der Waals surface area contributed by atoms with Gasteiger partial charge in [0.25, 0.3) is 0 Å². The van der Waals surface area contributed by atoms with Gasteiger partial charge in [0.1, 0.15) is 0 Å². The average molecular weight is 242 g/mol. The van der Waals surface area contributed by atoms with E-state index in [1.54, 1.807) is 6.20 Å². The van der Waals surface area contributed by atoms with E-state index >= 15 is 0 Å². The van der Waals surface area contributed by atoms with Gasteiger partial charge in [-0.1, -0.05) is 30.3 Å². The minimum atomic E-state index is -0.743. The van der Waals surface area contributed by atoms with Gasteiger partial charge in [-0.3, -0.25) is 9.89 Å². The highest BCUT2D eigenvalue weighted by Gasteiger charge is 2.48. The summed E-state index contributed by atoms with van der Waals surface area (Å²) in [5.74, 6) is -0.743. The van der Waals surface area contributed by atoms with Crippen molar-refractivity contribution in [2.24, 2.45) is 0 Å². The van der Waals surface area contributed by atoms with E-state index in [1.165, 1.54) is 0 Å². The summed E-state index contributed by atoms with van der Waals surface area (Å²) in [5, 5.41) is 16.1. The minimum Gasteiger partial charge on any atom is -0.481 e. The van der Waals surface area contributed by atoms with Crippen LogP contribution in [0.25, 0.3) is 11.3 Å². The maximum atomic E-state index is 11.0. The number of rotatable bonds is 4. The van der Waals surface area contributed by atoms with Crippen LogP contribution in [0.2, 0.25) is 0 Å². The molecule has 1 aromatic carbocycles. The number of H-pyrrole nitrogens is 1. The predicted octanol–water partition coefficient (Wildman–Crippen LogP) is 2.58. The molecule has 2 N–H and O–H groups in total. The predicted molar refractivity (Wildman–Crippen MR) is 67.2 cm³/mol. The molecule has 0 unspecified atom stereocenters. The molecule has 1 heterocycles. The zero-order valence-corrected chi connectivity index (χ0v) is 9.89. The first-order valence-electron chi connectivity index (χ1n) is 6.02. The number of nitrogens with zero attached hydrogens (tertiary/aromatic N) is 1. The number of aromatic amines is 1. The van der Waals surface area contributed by atoms with E-state index in [4.69, 9.17) is 5.11 Å². The van der Waals surface area contributed by atoms with Crippen molar-refractivity contribution in [3.05, 3.63) is 42.1 Å². The Kier molecular flexibility index (Phi) is 2.44. The lowest BCUT2D eigenvalue weighted by atomic mass is 9.91. The molecule has 0 bridgehead atoms. The lowest BCUT2D eigenvalue weighted by Crippen LogP contribution is -2.13. The van der Waals surface area contributed by atoms with Crippen LogP contribution in [0.1, 0.15) is 24.8 Å². The van der Waals surface area contributed by atoms with E-state index < -0.39 is 5.97 Å². The summed E-state index contributed by atoms with van der Waals surface area (Å²) in [6.45, 7) is 0. The highest BCUT2D eigenvalue weighted by atomic mass is 16.4. The quantitative estimate of drug-likeness (QED) is 0.866. The molecule has 4 nitrogen and oxygen atoms in total. The standard InChI is InChI=1S/C14H14N2O2/c17-12(18)8-14(6-7-14)11-9-15-16-13(11)10-4-2-1-3-5-10/h1-5,9H,6-8H2,(H,15,16)(H,17,18). The van der Waals surface area contributed by atoms with Crippen LogP contribution in [0.4, 0.5) is 0 Å². The number of aliphatic carboxylic acids is 1. The van der Waals surface area contributed by atoms with Gasteiger partial charge >= 0.3 is 5.97 Å². The molecule has 0 aliphatic heterocycles. The Labute approximate surface area is 105 Å². The normalized spacial score (nSPS) is 16.4. The molecule has 92 valence electrons. The van der Waals surface area contributed by atoms with E-state index in [1.807, 2.05) is 30.3 Å². The first kappa shape index (κ1) is 11.0. The van der Waals surface area contributed by atoms with Crippen LogP contribution in [-0.4, -0.2) is 21.3 Å². The Morgan fingerprint density at radius 1 is 1.33 bits per heavy atom. The smallest absolute Gasteiger partial charge is 0.304 e. The second-order valence-electron chi connectivity index (χ2n) is 4.88. The molecule has 0 spiro atoms. The van der Waals surface area contributed by atoms with Gasteiger partial charge in [0, 0.05) is 11.0 Å². The number of carboxylic acid groups (broad SMARTS) is 1. The van der Waals surface area contributed by atoms with Crippen molar-refractivity contribution in [3.8, 4) is 11.3 Å². The lowest BCUT2D eigenvalue weighted by molar-refractivity contribution is -0.137. The zero-order chi connectivity index (χ0) is 12.6. The Morgan fingerprint density at radius 2 is 2.06 bits per heavy atom. The molecule has 0 amide bonds. The summed E-state index contributed by atoms with van der Waals surface area (Å²) >= 11 is 0. The summed E-state index contributed by atoms with van der Waals surface area (Å²) in [7, 11) is 0. The van der Waals surface area contributed by atoms with Crippen molar-refractivity contribution in [2.45, 2.75) is 24.7 Å². The summed E-state index contributed by atoms with van der Waals surface area (Å²) in [6, 6.07) is 9.92. The number of hydrogen-bond donors (Lipinski definition) is 2. The van der Waals surface area contributed by atoms with E-state index in [0.717, 1.165) is 29.7 Å². The van der Waals surface area contributed by atoms with E-state index in [2.05, 4.69) is 10.2 Å². The fourth-order valence-electron chi connectivity index (χ4n) is 2.49. The van der Waals surface area contributed by atoms with Gasteiger partial charge < -0.3 is 5.11 Å². The Bertz CT molecular complexity index is 570. The van der Waals surface area contributed by atoms with Crippen molar-refractivity contribution in [2.75, 3.05) is 0 Å². The van der Waals surface area contributed by atoms with Gasteiger partial charge in [-0.05, 0) is 18.4 Å². The molecule has 0 atom stereocenters. The topological polar surface area (TPSA) is 66.0 Å². The van der Waals surface area contributed by atoms with Crippen molar-refractivity contribution in [1.29, 1.82) is 0 Å². The molecule has 1 aliphatic rings. The molecule has 0 saturated heterocycles. The number of benzene rings is 1. The van der Waals surface area contributed by atoms with Gasteiger partial charge in [-0.15, -0.1) is 0 Å². The molecular formula is C14H14N2O2. The third-order valence-corrected chi connectivity index (χ3v) is 3.62. The number of hydrogen-bond acceptors (Lipinski definition) is 2. The van der Waals surface area contributed by atoms with Gasteiger partial charge in [0.05, 0.1) is 18.3 Å². The molecular weight excluding hydrogens is 228 g/mol. The fourth-order valence-corrected chi connectivity index (χ4v) is 2.49. The Morgan fingerprint density at radius 3 is 2.67 bits per heavy atom. The SMILES string of the molecule is O=C(O)CC1(c2cn[nH]c2-c2ccccc2)CC1. The van der Waals surface area contributed by atoms with E-state index in [0.29, 0.717) is 0 Å². The third kappa shape index (κ3) is 1.79. The van der Waals surface area contributed by atoms with Crippen molar-refractivity contribution in [3.63, 3.8) is 0 Å².